The van der Waals surface area contributed by atoms with E-state index in [-0.39, 0.29) is 5.92 Å². The van der Waals surface area contributed by atoms with Crippen LogP contribution in [0.15, 0.2) is 18.6 Å². The number of hydrogen-bond donors (Lipinski definition) is 2. The van der Waals surface area contributed by atoms with Gasteiger partial charge in [-0.1, -0.05) is 5.21 Å². The summed E-state index contributed by atoms with van der Waals surface area (Å²) in [5, 5.41) is 18.5. The van der Waals surface area contributed by atoms with Gasteiger partial charge in [0.25, 0.3) is 0 Å². The Morgan fingerprint density at radius 2 is 2.19 bits per heavy atom. The summed E-state index contributed by atoms with van der Waals surface area (Å²) in [5.74, 6) is 0.235. The molecule has 4 rings (SSSR count). The third-order valence-corrected chi connectivity index (χ3v) is 4.15. The van der Waals surface area contributed by atoms with Gasteiger partial charge in [0, 0.05) is 30.6 Å². The van der Waals surface area contributed by atoms with E-state index in [1.54, 1.807) is 10.8 Å². The summed E-state index contributed by atoms with van der Waals surface area (Å²) in [6.07, 6.45) is 4.20. The first kappa shape index (κ1) is 12.1. The van der Waals surface area contributed by atoms with Crippen LogP contribution in [-0.2, 0) is 0 Å². The molecule has 3 aromatic rings. The minimum Gasteiger partial charge on any atom is -0.465 e. The van der Waals surface area contributed by atoms with Crippen LogP contribution < -0.4 is 0 Å². The molecule has 0 atom stereocenters. The van der Waals surface area contributed by atoms with Crippen molar-refractivity contribution in [2.45, 2.75) is 18.8 Å². The smallest absolute Gasteiger partial charge is 0.407 e. The Balaban J connectivity index is 1.74. The number of amides is 1. The number of aromatic amines is 1. The summed E-state index contributed by atoms with van der Waals surface area (Å²) in [6, 6.07) is 1.97. The molecule has 0 aromatic carbocycles. The highest BCUT2D eigenvalue weighted by molar-refractivity contribution is 5.92. The number of carboxylic acid groups (broad SMARTS) is 1. The van der Waals surface area contributed by atoms with Gasteiger partial charge in [-0.2, -0.15) is 0 Å². The van der Waals surface area contributed by atoms with Gasteiger partial charge in [0.2, 0.25) is 0 Å². The number of aromatic nitrogens is 5. The zero-order chi connectivity index (χ0) is 14.4. The van der Waals surface area contributed by atoms with E-state index in [2.05, 4.69) is 20.3 Å². The van der Waals surface area contributed by atoms with Crippen LogP contribution in [0.3, 0.4) is 0 Å². The molecule has 21 heavy (non-hydrogen) atoms. The molecular formula is C13H14N6O2. The lowest BCUT2D eigenvalue weighted by atomic mass is 9.92. The largest absolute Gasteiger partial charge is 0.465 e. The summed E-state index contributed by atoms with van der Waals surface area (Å²) in [6.45, 7) is 1.08. The fourth-order valence-electron chi connectivity index (χ4n) is 3.04. The molecule has 0 radical (unpaired) electrons. The van der Waals surface area contributed by atoms with Crippen molar-refractivity contribution in [2.24, 2.45) is 0 Å². The van der Waals surface area contributed by atoms with E-state index in [0.29, 0.717) is 13.1 Å². The molecular weight excluding hydrogens is 272 g/mol. The van der Waals surface area contributed by atoms with Gasteiger partial charge < -0.3 is 15.0 Å². The summed E-state index contributed by atoms with van der Waals surface area (Å²) in [5.41, 5.74) is 2.72. The van der Waals surface area contributed by atoms with Crippen molar-refractivity contribution >= 4 is 22.6 Å². The molecule has 1 fully saturated rings. The highest BCUT2D eigenvalue weighted by Gasteiger charge is 2.27. The van der Waals surface area contributed by atoms with Gasteiger partial charge in [-0.05, 0) is 18.9 Å². The number of piperidine rings is 1. The van der Waals surface area contributed by atoms with Crippen LogP contribution in [-0.4, -0.2) is 54.0 Å². The number of likely N-dealkylation sites (tertiary alicyclic amines) is 1. The molecule has 1 saturated heterocycles. The molecule has 3 aromatic heterocycles. The molecule has 0 bridgehead atoms. The summed E-state index contributed by atoms with van der Waals surface area (Å²) in [7, 11) is 0. The molecule has 1 aliphatic heterocycles. The van der Waals surface area contributed by atoms with E-state index in [4.69, 9.17) is 5.11 Å². The standard InChI is InChI=1S/C13H14N6O2/c20-13(21)18-5-2-8(3-6-18)10-11-9-1-4-14-12(9)15-7-19(11)17-16-10/h1,4,7-8,14H,2-3,5-6H2,(H,20,21). The van der Waals surface area contributed by atoms with Crippen LogP contribution >= 0.6 is 0 Å². The number of hydrogen-bond acceptors (Lipinski definition) is 4. The number of carbonyl (C=O) groups is 1. The Morgan fingerprint density at radius 3 is 2.95 bits per heavy atom. The van der Waals surface area contributed by atoms with Gasteiger partial charge in [-0.3, -0.25) is 0 Å². The molecule has 0 spiro atoms. The number of nitrogens with one attached hydrogen (secondary N) is 1. The lowest BCUT2D eigenvalue weighted by Gasteiger charge is -2.28. The van der Waals surface area contributed by atoms with Gasteiger partial charge >= 0.3 is 6.09 Å². The molecule has 1 amide bonds. The molecule has 4 heterocycles. The third-order valence-electron chi connectivity index (χ3n) is 4.15. The van der Waals surface area contributed by atoms with Gasteiger partial charge in [-0.15, -0.1) is 5.10 Å². The second kappa shape index (κ2) is 4.44. The van der Waals surface area contributed by atoms with Crippen molar-refractivity contribution in [1.29, 1.82) is 0 Å². The van der Waals surface area contributed by atoms with E-state index in [1.807, 2.05) is 12.3 Å². The second-order valence-corrected chi connectivity index (χ2v) is 5.30. The second-order valence-electron chi connectivity index (χ2n) is 5.30. The maximum absolute atomic E-state index is 11.0. The van der Waals surface area contributed by atoms with Crippen LogP contribution in [0.2, 0.25) is 0 Å². The fourth-order valence-corrected chi connectivity index (χ4v) is 3.04. The summed E-state index contributed by atoms with van der Waals surface area (Å²) >= 11 is 0. The predicted molar refractivity (Wildman–Crippen MR) is 74.2 cm³/mol. The van der Waals surface area contributed by atoms with Crippen LogP contribution in [0.5, 0.6) is 0 Å². The Bertz CT molecular complexity index is 814. The first-order valence-electron chi connectivity index (χ1n) is 6.89. The van der Waals surface area contributed by atoms with Crippen molar-refractivity contribution in [1.82, 2.24) is 29.7 Å². The van der Waals surface area contributed by atoms with Crippen molar-refractivity contribution < 1.29 is 9.90 Å². The Kier molecular flexibility index (Phi) is 2.56. The molecule has 0 aliphatic carbocycles. The third kappa shape index (κ3) is 1.83. The molecule has 2 N–H and O–H groups in total. The number of H-pyrrole nitrogens is 1. The Hall–Kier alpha value is -2.64. The molecule has 0 saturated carbocycles. The van der Waals surface area contributed by atoms with E-state index in [1.165, 1.54) is 4.90 Å². The Labute approximate surface area is 119 Å². The van der Waals surface area contributed by atoms with Crippen LogP contribution in [0, 0.1) is 0 Å². The van der Waals surface area contributed by atoms with Crippen molar-refractivity contribution in [2.75, 3.05) is 13.1 Å². The van der Waals surface area contributed by atoms with Gasteiger partial charge in [0.05, 0.1) is 5.69 Å². The van der Waals surface area contributed by atoms with E-state index in [9.17, 15) is 4.79 Å². The highest BCUT2D eigenvalue weighted by Crippen LogP contribution is 2.31. The molecule has 8 nitrogen and oxygen atoms in total. The first-order valence-corrected chi connectivity index (χ1v) is 6.89. The van der Waals surface area contributed by atoms with E-state index in [0.717, 1.165) is 35.1 Å². The predicted octanol–water partition coefficient (Wildman–Crippen LogP) is 1.46. The SMILES string of the molecule is O=C(O)N1CCC(c2nnn3cnc4[nH]ccc4c23)CC1. The summed E-state index contributed by atoms with van der Waals surface area (Å²) < 4.78 is 1.69. The molecule has 8 heteroatoms. The minimum atomic E-state index is -0.849. The van der Waals surface area contributed by atoms with E-state index >= 15 is 0 Å². The highest BCUT2D eigenvalue weighted by atomic mass is 16.4. The normalized spacial score (nSPS) is 16.9. The average Bonchev–Trinajstić information content (AvgIpc) is 3.13. The monoisotopic (exact) mass is 286 g/mol. The topological polar surface area (TPSA) is 99.4 Å². The minimum absolute atomic E-state index is 0.235. The van der Waals surface area contributed by atoms with Crippen LogP contribution in [0.25, 0.3) is 16.6 Å². The number of fused-ring (bicyclic) bond motifs is 3. The zero-order valence-electron chi connectivity index (χ0n) is 11.2. The van der Waals surface area contributed by atoms with Crippen molar-refractivity contribution in [3.05, 3.63) is 24.3 Å². The summed E-state index contributed by atoms with van der Waals surface area (Å²) in [4.78, 5) is 19.8. The Morgan fingerprint density at radius 1 is 1.38 bits per heavy atom. The average molecular weight is 286 g/mol. The lowest BCUT2D eigenvalue weighted by molar-refractivity contribution is 0.132. The first-order chi connectivity index (χ1) is 10.2. The maximum atomic E-state index is 11.0. The number of nitrogens with zero attached hydrogens (tertiary/aromatic N) is 5. The molecule has 108 valence electrons. The molecule has 1 aliphatic rings. The lowest BCUT2D eigenvalue weighted by Crippen LogP contribution is -2.36. The van der Waals surface area contributed by atoms with Crippen LogP contribution in [0.1, 0.15) is 24.5 Å². The zero-order valence-corrected chi connectivity index (χ0v) is 11.2. The molecule has 0 unspecified atom stereocenters. The van der Waals surface area contributed by atoms with Crippen molar-refractivity contribution in [3.8, 4) is 0 Å². The fraction of sp³-hybridized carbons (Fsp3) is 0.385. The number of rotatable bonds is 1. The maximum Gasteiger partial charge on any atom is 0.407 e. The van der Waals surface area contributed by atoms with Gasteiger partial charge in [-0.25, -0.2) is 14.3 Å². The van der Waals surface area contributed by atoms with Gasteiger partial charge in [0.1, 0.15) is 17.5 Å². The van der Waals surface area contributed by atoms with Crippen molar-refractivity contribution in [3.63, 3.8) is 0 Å². The quantitative estimate of drug-likeness (QED) is 0.705. The van der Waals surface area contributed by atoms with Gasteiger partial charge in [0.15, 0.2) is 0 Å². The van der Waals surface area contributed by atoms with E-state index < -0.39 is 6.09 Å². The van der Waals surface area contributed by atoms with Crippen LogP contribution in [0.4, 0.5) is 4.79 Å².